The number of carbonyl (C=O) groups is 3. The van der Waals surface area contributed by atoms with Crippen LogP contribution in [0.5, 0.6) is 0 Å². The summed E-state index contributed by atoms with van der Waals surface area (Å²) < 4.78 is 0. The fourth-order valence-corrected chi connectivity index (χ4v) is 2.67. The van der Waals surface area contributed by atoms with Crippen LogP contribution >= 0.6 is 0 Å². The molecule has 1 fully saturated rings. The fraction of sp³-hybridized carbons (Fsp3) is 0.294. The van der Waals surface area contributed by atoms with E-state index in [1.807, 2.05) is 19.1 Å². The van der Waals surface area contributed by atoms with Crippen LogP contribution in [0.25, 0.3) is 11.4 Å². The SMILES string of the molecule is Cc1nc(-c2ccncc2)ncc1[C@@H](C)NC(=O)CN1C(=O)CNC1=O. The van der Waals surface area contributed by atoms with Gasteiger partial charge in [-0.15, -0.1) is 0 Å². The van der Waals surface area contributed by atoms with Gasteiger partial charge in [0.05, 0.1) is 12.6 Å². The summed E-state index contributed by atoms with van der Waals surface area (Å²) in [6.07, 6.45) is 5.00. The topological polar surface area (TPSA) is 117 Å². The summed E-state index contributed by atoms with van der Waals surface area (Å²) in [5, 5.41) is 5.14. The van der Waals surface area contributed by atoms with Crippen molar-refractivity contribution in [1.29, 1.82) is 0 Å². The summed E-state index contributed by atoms with van der Waals surface area (Å²) >= 11 is 0. The molecule has 2 aromatic heterocycles. The lowest BCUT2D eigenvalue weighted by Crippen LogP contribution is -2.41. The number of imide groups is 1. The van der Waals surface area contributed by atoms with Crippen molar-refractivity contribution in [3.05, 3.63) is 42.0 Å². The van der Waals surface area contributed by atoms with Crippen LogP contribution < -0.4 is 10.6 Å². The van der Waals surface area contributed by atoms with Crippen LogP contribution in [-0.4, -0.2) is 50.8 Å². The highest BCUT2D eigenvalue weighted by Gasteiger charge is 2.30. The van der Waals surface area contributed by atoms with Crippen molar-refractivity contribution >= 4 is 17.8 Å². The average molecular weight is 354 g/mol. The quantitative estimate of drug-likeness (QED) is 0.759. The third kappa shape index (κ3) is 3.66. The first kappa shape index (κ1) is 17.5. The molecule has 1 aliphatic heterocycles. The molecule has 9 heteroatoms. The summed E-state index contributed by atoms with van der Waals surface area (Å²) in [4.78, 5) is 48.9. The summed E-state index contributed by atoms with van der Waals surface area (Å²) in [6, 6.07) is 2.71. The molecule has 0 unspecified atom stereocenters. The smallest absolute Gasteiger partial charge is 0.325 e. The lowest BCUT2D eigenvalue weighted by molar-refractivity contribution is -0.130. The maximum Gasteiger partial charge on any atom is 0.325 e. The zero-order valence-electron chi connectivity index (χ0n) is 14.4. The molecular weight excluding hydrogens is 336 g/mol. The van der Waals surface area contributed by atoms with Gasteiger partial charge >= 0.3 is 6.03 Å². The summed E-state index contributed by atoms with van der Waals surface area (Å²) in [7, 11) is 0. The first-order chi connectivity index (χ1) is 12.5. The standard InChI is InChI=1S/C17H18N6O3/c1-10(21-14(24)9-23-15(25)8-20-17(23)26)13-7-19-16(22-11(13)2)12-3-5-18-6-4-12/h3-7,10H,8-9H2,1-2H3,(H,20,26)(H,21,24)/t10-/m1/s1. The van der Waals surface area contributed by atoms with Crippen molar-refractivity contribution in [2.75, 3.05) is 13.1 Å². The Bertz CT molecular complexity index is 839. The van der Waals surface area contributed by atoms with E-state index in [1.54, 1.807) is 25.5 Å². The first-order valence-corrected chi connectivity index (χ1v) is 8.07. The fourth-order valence-electron chi connectivity index (χ4n) is 2.67. The minimum absolute atomic E-state index is 0.0783. The van der Waals surface area contributed by atoms with Crippen molar-refractivity contribution < 1.29 is 14.4 Å². The second-order valence-corrected chi connectivity index (χ2v) is 5.90. The predicted molar refractivity (Wildman–Crippen MR) is 91.7 cm³/mol. The van der Waals surface area contributed by atoms with Gasteiger partial charge in [0.25, 0.3) is 5.91 Å². The van der Waals surface area contributed by atoms with Crippen LogP contribution in [0.15, 0.2) is 30.7 Å². The maximum atomic E-state index is 12.1. The van der Waals surface area contributed by atoms with Gasteiger partial charge in [-0.3, -0.25) is 19.5 Å². The lowest BCUT2D eigenvalue weighted by atomic mass is 10.1. The monoisotopic (exact) mass is 354 g/mol. The molecule has 9 nitrogen and oxygen atoms in total. The number of pyridine rings is 1. The van der Waals surface area contributed by atoms with Crippen molar-refractivity contribution in [2.24, 2.45) is 0 Å². The second-order valence-electron chi connectivity index (χ2n) is 5.90. The Kier molecular flexibility index (Phi) is 4.87. The van der Waals surface area contributed by atoms with Crippen LogP contribution in [-0.2, 0) is 9.59 Å². The van der Waals surface area contributed by atoms with Crippen molar-refractivity contribution in [2.45, 2.75) is 19.9 Å². The second kappa shape index (κ2) is 7.26. The van der Waals surface area contributed by atoms with Crippen LogP contribution in [0, 0.1) is 6.92 Å². The Balaban J connectivity index is 1.68. The Morgan fingerprint density at radius 2 is 2.08 bits per heavy atom. The number of amides is 4. The van der Waals surface area contributed by atoms with Gasteiger partial charge in [-0.05, 0) is 26.0 Å². The molecule has 2 aromatic rings. The molecule has 0 bridgehead atoms. The number of urea groups is 1. The van der Waals surface area contributed by atoms with Crippen molar-refractivity contribution in [1.82, 2.24) is 30.5 Å². The van der Waals surface area contributed by atoms with E-state index in [2.05, 4.69) is 25.6 Å². The van der Waals surface area contributed by atoms with Crippen LogP contribution in [0.2, 0.25) is 0 Å². The van der Waals surface area contributed by atoms with Gasteiger partial charge in [-0.1, -0.05) is 0 Å². The largest absolute Gasteiger partial charge is 0.348 e. The number of nitrogens with one attached hydrogen (secondary N) is 2. The molecule has 1 saturated heterocycles. The average Bonchev–Trinajstić information content (AvgIpc) is 2.94. The molecule has 0 saturated carbocycles. The zero-order chi connectivity index (χ0) is 18.7. The highest BCUT2D eigenvalue weighted by molar-refractivity contribution is 6.04. The predicted octanol–water partition coefficient (Wildman–Crippen LogP) is 0.576. The minimum atomic E-state index is -0.556. The zero-order valence-corrected chi connectivity index (χ0v) is 14.4. The van der Waals surface area contributed by atoms with Gasteiger partial charge in [0.1, 0.15) is 6.54 Å². The summed E-state index contributed by atoms with van der Waals surface area (Å²) in [5.74, 6) is -0.272. The van der Waals surface area contributed by atoms with E-state index in [0.717, 1.165) is 21.7 Å². The Morgan fingerprint density at radius 3 is 2.69 bits per heavy atom. The third-order valence-corrected chi connectivity index (χ3v) is 4.04. The molecule has 2 N–H and O–H groups in total. The van der Waals surface area contributed by atoms with Gasteiger partial charge in [0.2, 0.25) is 5.91 Å². The van der Waals surface area contributed by atoms with Crippen LogP contribution in [0.1, 0.15) is 24.2 Å². The van der Waals surface area contributed by atoms with E-state index in [9.17, 15) is 14.4 Å². The Hall–Kier alpha value is -3.36. The van der Waals surface area contributed by atoms with Crippen LogP contribution in [0.4, 0.5) is 4.79 Å². The van der Waals surface area contributed by atoms with E-state index < -0.39 is 17.8 Å². The molecule has 4 amide bonds. The molecule has 0 aliphatic carbocycles. The van der Waals surface area contributed by atoms with Crippen molar-refractivity contribution in [3.8, 4) is 11.4 Å². The Labute approximate surface area is 149 Å². The number of carbonyl (C=O) groups excluding carboxylic acids is 3. The number of rotatable bonds is 5. The highest BCUT2D eigenvalue weighted by Crippen LogP contribution is 2.19. The molecule has 1 atom stereocenters. The van der Waals surface area contributed by atoms with Gasteiger partial charge in [0.15, 0.2) is 5.82 Å². The molecule has 1 aliphatic rings. The molecule has 0 radical (unpaired) electrons. The highest BCUT2D eigenvalue weighted by atomic mass is 16.2. The van der Waals surface area contributed by atoms with E-state index in [4.69, 9.17) is 0 Å². The molecule has 0 spiro atoms. The summed E-state index contributed by atoms with van der Waals surface area (Å²) in [5.41, 5.74) is 2.34. The maximum absolute atomic E-state index is 12.1. The van der Waals surface area contributed by atoms with E-state index in [1.165, 1.54) is 0 Å². The first-order valence-electron chi connectivity index (χ1n) is 8.07. The number of nitrogens with zero attached hydrogens (tertiary/aromatic N) is 4. The van der Waals surface area contributed by atoms with Gasteiger partial charge < -0.3 is 10.6 Å². The van der Waals surface area contributed by atoms with E-state index in [0.29, 0.717) is 5.82 Å². The lowest BCUT2D eigenvalue weighted by Gasteiger charge is -2.18. The molecule has 0 aromatic carbocycles. The minimum Gasteiger partial charge on any atom is -0.348 e. The van der Waals surface area contributed by atoms with Crippen LogP contribution in [0.3, 0.4) is 0 Å². The molecular formula is C17H18N6O3. The van der Waals surface area contributed by atoms with Gasteiger partial charge in [-0.25, -0.2) is 14.8 Å². The van der Waals surface area contributed by atoms with Crippen molar-refractivity contribution in [3.63, 3.8) is 0 Å². The third-order valence-electron chi connectivity index (χ3n) is 4.04. The number of aryl methyl sites for hydroxylation is 1. The molecule has 3 rings (SSSR count). The number of hydrogen-bond acceptors (Lipinski definition) is 6. The van der Waals surface area contributed by atoms with Gasteiger partial charge in [-0.2, -0.15) is 0 Å². The molecule has 26 heavy (non-hydrogen) atoms. The summed E-state index contributed by atoms with van der Waals surface area (Å²) in [6.45, 7) is 3.23. The van der Waals surface area contributed by atoms with E-state index in [-0.39, 0.29) is 19.1 Å². The Morgan fingerprint density at radius 1 is 1.35 bits per heavy atom. The van der Waals surface area contributed by atoms with Gasteiger partial charge in [0, 0.05) is 35.4 Å². The number of hydrogen-bond donors (Lipinski definition) is 2. The number of aromatic nitrogens is 3. The molecule has 3 heterocycles. The normalized spacial score (nSPS) is 14.9. The van der Waals surface area contributed by atoms with E-state index >= 15 is 0 Å². The molecule has 134 valence electrons.